The molecule has 0 aromatic carbocycles. The average Bonchev–Trinajstić information content (AvgIpc) is 2.40. The summed E-state index contributed by atoms with van der Waals surface area (Å²) in [6, 6.07) is 0. The Bertz CT molecular complexity index is 389. The van der Waals surface area contributed by atoms with Gasteiger partial charge in [-0.15, -0.1) is 0 Å². The molecule has 1 rings (SSSR count). The maximum absolute atomic E-state index is 10.9. The van der Waals surface area contributed by atoms with Crippen molar-refractivity contribution in [1.29, 1.82) is 5.26 Å². The molecule has 5 heteroatoms. The summed E-state index contributed by atoms with van der Waals surface area (Å²) in [5.74, 6) is 0.586. The summed E-state index contributed by atoms with van der Waals surface area (Å²) in [7, 11) is 0. The third-order valence-corrected chi connectivity index (χ3v) is 3.09. The Labute approximate surface area is 119 Å². The van der Waals surface area contributed by atoms with Gasteiger partial charge in [-0.25, -0.2) is 4.79 Å². The third-order valence-electron chi connectivity index (χ3n) is 3.09. The van der Waals surface area contributed by atoms with Gasteiger partial charge in [0.1, 0.15) is 19.8 Å². The van der Waals surface area contributed by atoms with Crippen molar-refractivity contribution >= 4 is 5.97 Å². The first kappa shape index (κ1) is 16.1. The number of rotatable bonds is 10. The molecule has 1 aliphatic carbocycles. The van der Waals surface area contributed by atoms with E-state index in [1.54, 1.807) is 6.26 Å². The molecule has 0 aliphatic heterocycles. The number of hydrogen-bond acceptors (Lipinski definition) is 5. The molecule has 0 N–H and O–H groups in total. The highest BCUT2D eigenvalue weighted by Crippen LogP contribution is 2.31. The van der Waals surface area contributed by atoms with Crippen LogP contribution >= 0.6 is 0 Å². The van der Waals surface area contributed by atoms with Crippen molar-refractivity contribution in [2.75, 3.05) is 19.8 Å². The molecule has 1 fully saturated rings. The van der Waals surface area contributed by atoms with Crippen molar-refractivity contribution in [3.8, 4) is 6.26 Å². The highest BCUT2D eigenvalue weighted by atomic mass is 16.6. The van der Waals surface area contributed by atoms with Crippen molar-refractivity contribution in [2.24, 2.45) is 0 Å². The highest BCUT2D eigenvalue weighted by molar-refractivity contribution is 5.81. The van der Waals surface area contributed by atoms with Gasteiger partial charge < -0.3 is 14.2 Å². The number of ether oxygens (including phenoxy) is 3. The smallest absolute Gasteiger partial charge is 0.330 e. The number of hydrogen-bond donors (Lipinski definition) is 0. The van der Waals surface area contributed by atoms with Gasteiger partial charge in [0.15, 0.2) is 0 Å². The topological polar surface area (TPSA) is 68.6 Å². The van der Waals surface area contributed by atoms with Gasteiger partial charge in [-0.3, -0.25) is 0 Å². The summed E-state index contributed by atoms with van der Waals surface area (Å²) in [5, 5.41) is 8.26. The van der Waals surface area contributed by atoms with Crippen molar-refractivity contribution in [2.45, 2.75) is 38.5 Å². The van der Waals surface area contributed by atoms with E-state index in [0.717, 1.165) is 43.9 Å². The van der Waals surface area contributed by atoms with E-state index in [4.69, 9.17) is 14.7 Å². The maximum atomic E-state index is 10.9. The molecule has 0 radical (unpaired) electrons. The second-order valence-corrected chi connectivity index (χ2v) is 4.50. The van der Waals surface area contributed by atoms with Gasteiger partial charge in [0.2, 0.25) is 0 Å². The fourth-order valence-corrected chi connectivity index (χ4v) is 1.85. The fraction of sp³-hybridized carbons (Fsp3) is 0.600. The van der Waals surface area contributed by atoms with Crippen molar-refractivity contribution < 1.29 is 19.0 Å². The summed E-state index contributed by atoms with van der Waals surface area (Å²) in [6.07, 6.45) is 8.80. The molecule has 110 valence electrons. The van der Waals surface area contributed by atoms with Crippen LogP contribution in [0.5, 0.6) is 0 Å². The maximum Gasteiger partial charge on any atom is 0.330 e. The monoisotopic (exact) mass is 279 g/mol. The van der Waals surface area contributed by atoms with E-state index >= 15 is 0 Å². The van der Waals surface area contributed by atoms with E-state index in [0.29, 0.717) is 13.2 Å². The van der Waals surface area contributed by atoms with Gasteiger partial charge in [-0.1, -0.05) is 6.58 Å². The van der Waals surface area contributed by atoms with Crippen LogP contribution in [0.2, 0.25) is 0 Å². The first-order chi connectivity index (χ1) is 9.77. The molecular formula is C15H21NO4. The van der Waals surface area contributed by atoms with E-state index in [1.807, 2.05) is 0 Å². The van der Waals surface area contributed by atoms with E-state index in [2.05, 4.69) is 11.3 Å². The molecule has 1 aliphatic rings. The van der Waals surface area contributed by atoms with Crippen LogP contribution in [0.25, 0.3) is 0 Å². The van der Waals surface area contributed by atoms with Crippen molar-refractivity contribution in [1.82, 2.24) is 0 Å². The minimum absolute atomic E-state index is 0.235. The second-order valence-electron chi connectivity index (χ2n) is 4.50. The van der Waals surface area contributed by atoms with Crippen LogP contribution < -0.4 is 0 Å². The predicted molar refractivity (Wildman–Crippen MR) is 73.4 cm³/mol. The number of allylic oxidation sites excluding steroid dienone is 2. The Morgan fingerprint density at radius 3 is 2.60 bits per heavy atom. The number of carbonyl (C=O) groups excluding carboxylic acids is 1. The lowest BCUT2D eigenvalue weighted by atomic mass is 9.90. The first-order valence-electron chi connectivity index (χ1n) is 6.91. The molecular weight excluding hydrogens is 258 g/mol. The van der Waals surface area contributed by atoms with E-state index < -0.39 is 5.97 Å². The van der Waals surface area contributed by atoms with Crippen molar-refractivity contribution in [3.63, 3.8) is 0 Å². The standard InChI is InChI=1S/C15H21NO4/c1-2-15(17)20-11-10-19-14(13-6-5-7-13)8-3-4-9-18-12-16/h2H,1,3-11H2. The lowest BCUT2D eigenvalue weighted by molar-refractivity contribution is -0.138. The van der Waals surface area contributed by atoms with Crippen LogP contribution in [-0.2, 0) is 19.0 Å². The molecule has 0 aromatic heterocycles. The Kier molecular flexibility index (Phi) is 7.97. The molecule has 5 nitrogen and oxygen atoms in total. The molecule has 0 atom stereocenters. The van der Waals surface area contributed by atoms with Gasteiger partial charge >= 0.3 is 5.97 Å². The van der Waals surface area contributed by atoms with Crippen LogP contribution in [-0.4, -0.2) is 25.8 Å². The number of esters is 1. The van der Waals surface area contributed by atoms with E-state index in [9.17, 15) is 4.79 Å². The fourth-order valence-electron chi connectivity index (χ4n) is 1.85. The third kappa shape index (κ3) is 6.28. The van der Waals surface area contributed by atoms with Gasteiger partial charge in [0.25, 0.3) is 6.26 Å². The van der Waals surface area contributed by atoms with Crippen LogP contribution in [0.1, 0.15) is 38.5 Å². The molecule has 0 unspecified atom stereocenters. The molecule has 0 saturated heterocycles. The van der Waals surface area contributed by atoms with Gasteiger partial charge in [0, 0.05) is 12.5 Å². The normalized spacial score (nSPS) is 12.8. The largest absolute Gasteiger partial charge is 0.494 e. The molecule has 0 amide bonds. The lowest BCUT2D eigenvalue weighted by Gasteiger charge is -2.22. The van der Waals surface area contributed by atoms with Crippen LogP contribution in [0.3, 0.4) is 0 Å². The molecule has 0 spiro atoms. The zero-order chi connectivity index (χ0) is 14.6. The average molecular weight is 279 g/mol. The van der Waals surface area contributed by atoms with Gasteiger partial charge in [0.05, 0.1) is 5.76 Å². The highest BCUT2D eigenvalue weighted by Gasteiger charge is 2.15. The summed E-state index contributed by atoms with van der Waals surface area (Å²) in [5.41, 5.74) is 1.36. The van der Waals surface area contributed by atoms with Gasteiger partial charge in [-0.2, -0.15) is 5.26 Å². The zero-order valence-electron chi connectivity index (χ0n) is 11.7. The summed E-state index contributed by atoms with van der Waals surface area (Å²) in [4.78, 5) is 10.9. The predicted octanol–water partition coefficient (Wildman–Crippen LogP) is 2.84. The number of nitriles is 1. The summed E-state index contributed by atoms with van der Waals surface area (Å²) in [6.45, 7) is 4.39. The Hall–Kier alpha value is -1.96. The molecule has 1 saturated carbocycles. The Morgan fingerprint density at radius 2 is 2.00 bits per heavy atom. The van der Waals surface area contributed by atoms with Crippen molar-refractivity contribution in [3.05, 3.63) is 24.0 Å². The minimum atomic E-state index is -0.430. The quantitative estimate of drug-likeness (QED) is 0.202. The lowest BCUT2D eigenvalue weighted by Crippen LogP contribution is -2.11. The minimum Gasteiger partial charge on any atom is -0.494 e. The first-order valence-corrected chi connectivity index (χ1v) is 6.91. The zero-order valence-corrected chi connectivity index (χ0v) is 11.7. The molecule has 0 bridgehead atoms. The summed E-state index contributed by atoms with van der Waals surface area (Å²) >= 11 is 0. The molecule has 0 heterocycles. The van der Waals surface area contributed by atoms with Crippen LogP contribution in [0.4, 0.5) is 0 Å². The Morgan fingerprint density at radius 1 is 1.25 bits per heavy atom. The number of nitrogens with zero attached hydrogens (tertiary/aromatic N) is 1. The van der Waals surface area contributed by atoms with E-state index in [1.165, 1.54) is 12.0 Å². The molecule has 20 heavy (non-hydrogen) atoms. The second kappa shape index (κ2) is 9.90. The Balaban J connectivity index is 2.22. The van der Waals surface area contributed by atoms with Crippen LogP contribution in [0.15, 0.2) is 24.0 Å². The summed E-state index contributed by atoms with van der Waals surface area (Å²) < 4.78 is 15.2. The van der Waals surface area contributed by atoms with E-state index in [-0.39, 0.29) is 6.61 Å². The van der Waals surface area contributed by atoms with Gasteiger partial charge in [-0.05, 0) is 37.7 Å². The molecule has 0 aromatic rings. The van der Waals surface area contributed by atoms with Crippen LogP contribution in [0, 0.1) is 11.5 Å². The SMILES string of the molecule is C=CC(=O)OCCOC(CCCCOC#N)=C1CCC1. The number of carbonyl (C=O) groups is 1. The number of unbranched alkanes of at least 4 members (excludes halogenated alkanes) is 1.